The Labute approximate surface area is 205 Å². The van der Waals surface area contributed by atoms with Gasteiger partial charge in [0.15, 0.2) is 5.82 Å². The molecule has 184 valence electrons. The van der Waals surface area contributed by atoms with Gasteiger partial charge in [-0.15, -0.1) is 10.2 Å². The average Bonchev–Trinajstić information content (AvgIpc) is 2.81. The molecule has 1 unspecified atom stereocenters. The van der Waals surface area contributed by atoms with E-state index in [1.165, 1.54) is 50.9 Å². The van der Waals surface area contributed by atoms with Crippen LogP contribution in [0, 0.1) is 16.6 Å². The Morgan fingerprint density at radius 2 is 1.77 bits per heavy atom. The third-order valence-electron chi connectivity index (χ3n) is 8.22. The predicted molar refractivity (Wildman–Crippen MR) is 136 cm³/mol. The number of anilines is 1. The number of halogens is 1. The standard InChI is InChI=1S/C28H33FN4O2/c1-27-8-5-9-28(2,16-27)15-19(14-27)33(4)25-7-6-23(31-32-25)21-11-17-12-22(29)20(26(35)30-3)10-18(17)13-24(21)34/h6-7,10-13,19,34H,5,8-9,14-16H2,1-4H3,(H,30,35)/t19?,27-,28+. The van der Waals surface area contributed by atoms with Crippen LogP contribution in [0.1, 0.15) is 62.7 Å². The van der Waals surface area contributed by atoms with E-state index in [1.807, 2.05) is 12.1 Å². The fourth-order valence-electron chi connectivity index (χ4n) is 6.65. The topological polar surface area (TPSA) is 78.4 Å². The van der Waals surface area contributed by atoms with Gasteiger partial charge in [-0.05, 0) is 90.1 Å². The molecular weight excluding hydrogens is 443 g/mol. The number of phenolic OH excluding ortho intramolecular Hbond substituents is 1. The molecule has 0 aliphatic heterocycles. The molecule has 2 aliphatic carbocycles. The highest BCUT2D eigenvalue weighted by atomic mass is 19.1. The lowest BCUT2D eigenvalue weighted by molar-refractivity contribution is 0.0141. The maximum Gasteiger partial charge on any atom is 0.254 e. The van der Waals surface area contributed by atoms with Crippen molar-refractivity contribution in [3.05, 3.63) is 47.8 Å². The molecule has 6 nitrogen and oxygen atoms in total. The third-order valence-corrected chi connectivity index (χ3v) is 8.22. The Morgan fingerprint density at radius 3 is 2.40 bits per heavy atom. The van der Waals surface area contributed by atoms with Crippen LogP contribution in [0.2, 0.25) is 0 Å². The Bertz CT molecular complexity index is 1280. The number of benzene rings is 2. The molecule has 1 amide bonds. The minimum atomic E-state index is -0.615. The Hall–Kier alpha value is -3.22. The summed E-state index contributed by atoms with van der Waals surface area (Å²) in [6.45, 7) is 4.87. The summed E-state index contributed by atoms with van der Waals surface area (Å²) in [6, 6.07) is 10.2. The molecule has 0 spiro atoms. The summed E-state index contributed by atoms with van der Waals surface area (Å²) >= 11 is 0. The molecule has 2 aliphatic rings. The van der Waals surface area contributed by atoms with E-state index in [0.717, 1.165) is 18.7 Å². The number of carbonyl (C=O) groups excluding carboxylic acids is 1. The number of hydrogen-bond donors (Lipinski definition) is 2. The molecule has 7 heteroatoms. The molecule has 1 heterocycles. The lowest BCUT2D eigenvalue weighted by atomic mass is 9.55. The summed E-state index contributed by atoms with van der Waals surface area (Å²) in [4.78, 5) is 14.2. The summed E-state index contributed by atoms with van der Waals surface area (Å²) < 4.78 is 14.5. The van der Waals surface area contributed by atoms with E-state index in [2.05, 4.69) is 41.3 Å². The van der Waals surface area contributed by atoms with Gasteiger partial charge >= 0.3 is 0 Å². The summed E-state index contributed by atoms with van der Waals surface area (Å²) in [5.41, 5.74) is 1.70. The van der Waals surface area contributed by atoms with Gasteiger partial charge < -0.3 is 15.3 Å². The quantitative estimate of drug-likeness (QED) is 0.506. The molecule has 2 saturated carbocycles. The van der Waals surface area contributed by atoms with Crippen LogP contribution < -0.4 is 10.2 Å². The minimum Gasteiger partial charge on any atom is -0.507 e. The fraction of sp³-hybridized carbons (Fsp3) is 0.464. The molecule has 2 bridgehead atoms. The monoisotopic (exact) mass is 476 g/mol. The smallest absolute Gasteiger partial charge is 0.254 e. The van der Waals surface area contributed by atoms with Crippen molar-refractivity contribution in [1.29, 1.82) is 0 Å². The van der Waals surface area contributed by atoms with E-state index < -0.39 is 11.7 Å². The molecule has 2 fully saturated rings. The second kappa shape index (κ2) is 8.47. The first-order chi connectivity index (χ1) is 16.6. The van der Waals surface area contributed by atoms with Gasteiger partial charge in [0, 0.05) is 25.7 Å². The van der Waals surface area contributed by atoms with Gasteiger partial charge in [0.2, 0.25) is 0 Å². The molecule has 0 saturated heterocycles. The molecule has 3 atom stereocenters. The van der Waals surface area contributed by atoms with E-state index in [0.29, 0.717) is 38.9 Å². The largest absolute Gasteiger partial charge is 0.507 e. The van der Waals surface area contributed by atoms with Crippen LogP contribution in [-0.2, 0) is 0 Å². The zero-order valence-electron chi connectivity index (χ0n) is 20.9. The SMILES string of the molecule is CNC(=O)c1cc2cc(O)c(-c3ccc(N(C)C4C[C@]5(C)CCC[C@](C)(C4)C5)nn3)cc2cc1F. The summed E-state index contributed by atoms with van der Waals surface area (Å²) in [5, 5.41) is 23.2. The summed E-state index contributed by atoms with van der Waals surface area (Å²) in [7, 11) is 3.55. The summed E-state index contributed by atoms with van der Waals surface area (Å²) in [5.74, 6) is -0.310. The van der Waals surface area contributed by atoms with Crippen LogP contribution in [0.15, 0.2) is 36.4 Å². The number of nitrogens with one attached hydrogen (secondary N) is 1. The summed E-state index contributed by atoms with van der Waals surface area (Å²) in [6.07, 6.45) is 7.55. The third kappa shape index (κ3) is 4.32. The van der Waals surface area contributed by atoms with Crippen molar-refractivity contribution in [2.75, 3.05) is 19.0 Å². The number of carbonyl (C=O) groups is 1. The van der Waals surface area contributed by atoms with Crippen LogP contribution >= 0.6 is 0 Å². The van der Waals surface area contributed by atoms with Crippen molar-refractivity contribution in [2.24, 2.45) is 10.8 Å². The molecular formula is C28H33FN4O2. The van der Waals surface area contributed by atoms with Crippen molar-refractivity contribution >= 4 is 22.5 Å². The van der Waals surface area contributed by atoms with Gasteiger partial charge in [-0.2, -0.15) is 0 Å². The first kappa shape index (κ1) is 23.5. The highest BCUT2D eigenvalue weighted by Gasteiger charge is 2.47. The number of hydrogen-bond acceptors (Lipinski definition) is 5. The van der Waals surface area contributed by atoms with E-state index >= 15 is 0 Å². The Kier molecular flexibility index (Phi) is 5.69. The lowest BCUT2D eigenvalue weighted by Crippen LogP contribution is -2.49. The van der Waals surface area contributed by atoms with Gasteiger partial charge in [0.1, 0.15) is 11.6 Å². The van der Waals surface area contributed by atoms with Gasteiger partial charge in [-0.1, -0.05) is 20.3 Å². The number of amides is 1. The maximum absolute atomic E-state index is 14.5. The van der Waals surface area contributed by atoms with Crippen LogP contribution in [0.5, 0.6) is 5.75 Å². The van der Waals surface area contributed by atoms with E-state index in [4.69, 9.17) is 0 Å². The molecule has 0 radical (unpaired) electrons. The number of phenols is 1. The zero-order valence-corrected chi connectivity index (χ0v) is 20.9. The van der Waals surface area contributed by atoms with E-state index in [1.54, 1.807) is 6.07 Å². The highest BCUT2D eigenvalue weighted by Crippen LogP contribution is 2.56. The van der Waals surface area contributed by atoms with Gasteiger partial charge in [0.05, 0.1) is 11.3 Å². The maximum atomic E-state index is 14.5. The minimum absolute atomic E-state index is 0.00308. The molecule has 5 rings (SSSR count). The molecule has 2 N–H and O–H groups in total. The molecule has 1 aromatic heterocycles. The van der Waals surface area contributed by atoms with Gasteiger partial charge in [-0.25, -0.2) is 4.39 Å². The van der Waals surface area contributed by atoms with Crippen LogP contribution in [-0.4, -0.2) is 41.3 Å². The second-order valence-electron chi connectivity index (χ2n) is 11.2. The van der Waals surface area contributed by atoms with Crippen LogP contribution in [0.3, 0.4) is 0 Å². The Balaban J connectivity index is 1.41. The second-order valence-corrected chi connectivity index (χ2v) is 11.2. The van der Waals surface area contributed by atoms with E-state index in [9.17, 15) is 14.3 Å². The van der Waals surface area contributed by atoms with Crippen molar-refractivity contribution in [3.8, 4) is 17.0 Å². The van der Waals surface area contributed by atoms with Crippen LogP contribution in [0.4, 0.5) is 10.2 Å². The fourth-order valence-corrected chi connectivity index (χ4v) is 6.65. The zero-order chi connectivity index (χ0) is 25.0. The van der Waals surface area contributed by atoms with Crippen molar-refractivity contribution < 1.29 is 14.3 Å². The number of nitrogens with zero attached hydrogens (tertiary/aromatic N) is 3. The molecule has 2 aromatic carbocycles. The average molecular weight is 477 g/mol. The lowest BCUT2D eigenvalue weighted by Gasteiger charge is -2.54. The number of aromatic nitrogens is 2. The number of fused-ring (bicyclic) bond motifs is 3. The van der Waals surface area contributed by atoms with Crippen molar-refractivity contribution in [1.82, 2.24) is 15.5 Å². The van der Waals surface area contributed by atoms with Gasteiger partial charge in [0.25, 0.3) is 5.91 Å². The van der Waals surface area contributed by atoms with E-state index in [-0.39, 0.29) is 11.3 Å². The first-order valence-corrected chi connectivity index (χ1v) is 12.4. The Morgan fingerprint density at radius 1 is 1.09 bits per heavy atom. The number of rotatable bonds is 4. The first-order valence-electron chi connectivity index (χ1n) is 12.4. The van der Waals surface area contributed by atoms with Crippen LogP contribution in [0.25, 0.3) is 22.0 Å². The molecule has 3 aromatic rings. The normalized spacial score (nSPS) is 25.9. The number of aromatic hydroxyl groups is 1. The van der Waals surface area contributed by atoms with Crippen molar-refractivity contribution in [2.45, 2.75) is 58.4 Å². The molecule has 35 heavy (non-hydrogen) atoms. The van der Waals surface area contributed by atoms with Gasteiger partial charge in [-0.3, -0.25) is 4.79 Å². The highest BCUT2D eigenvalue weighted by molar-refractivity contribution is 6.00. The predicted octanol–water partition coefficient (Wildman–Crippen LogP) is 5.69. The van der Waals surface area contributed by atoms with Crippen molar-refractivity contribution in [3.63, 3.8) is 0 Å².